The van der Waals surface area contributed by atoms with Crippen molar-refractivity contribution in [3.63, 3.8) is 0 Å². The first-order chi connectivity index (χ1) is 18.1. The Morgan fingerprint density at radius 3 is 2.39 bits per heavy atom. The zero-order valence-electron chi connectivity index (χ0n) is 20.3. The Bertz CT molecular complexity index is 1490. The number of benzene rings is 3. The van der Waals surface area contributed by atoms with Crippen molar-refractivity contribution in [2.75, 3.05) is 6.54 Å². The quantitative estimate of drug-likeness (QED) is 0.226. The van der Waals surface area contributed by atoms with Gasteiger partial charge in [0.25, 0.3) is 5.91 Å². The summed E-state index contributed by atoms with van der Waals surface area (Å²) < 4.78 is 41.9. The van der Waals surface area contributed by atoms with Gasteiger partial charge < -0.3 is 10.4 Å². The van der Waals surface area contributed by atoms with Crippen LogP contribution >= 0.6 is 15.9 Å². The first-order valence-corrected chi connectivity index (χ1v) is 12.7. The van der Waals surface area contributed by atoms with E-state index in [0.29, 0.717) is 27.7 Å². The molecular formula is C29H24BrF3N2O3. The van der Waals surface area contributed by atoms with Crippen LogP contribution < -0.4 is 5.32 Å². The largest absolute Gasteiger partial charge is 0.481 e. The minimum atomic E-state index is -4.61. The van der Waals surface area contributed by atoms with E-state index in [1.165, 1.54) is 18.2 Å². The van der Waals surface area contributed by atoms with Gasteiger partial charge in [-0.15, -0.1) is 0 Å². The highest BCUT2D eigenvalue weighted by Crippen LogP contribution is 2.37. The molecule has 0 radical (unpaired) electrons. The molecule has 0 fully saturated rings. The highest BCUT2D eigenvalue weighted by atomic mass is 79.9. The van der Waals surface area contributed by atoms with Crippen LogP contribution in [0.5, 0.6) is 0 Å². The Kier molecular flexibility index (Phi) is 8.16. The summed E-state index contributed by atoms with van der Waals surface area (Å²) >= 11 is 3.44. The maximum absolute atomic E-state index is 13.7. The van der Waals surface area contributed by atoms with Crippen molar-refractivity contribution in [2.24, 2.45) is 0 Å². The molecule has 4 rings (SSSR count). The third-order valence-electron chi connectivity index (χ3n) is 6.39. The number of fused-ring (bicyclic) bond motifs is 1. The molecule has 0 saturated heterocycles. The third kappa shape index (κ3) is 6.05. The van der Waals surface area contributed by atoms with Gasteiger partial charge in [-0.25, -0.2) is 4.98 Å². The van der Waals surface area contributed by atoms with E-state index in [0.717, 1.165) is 16.1 Å². The van der Waals surface area contributed by atoms with Crippen LogP contribution in [0.3, 0.4) is 0 Å². The molecule has 0 aliphatic heterocycles. The van der Waals surface area contributed by atoms with E-state index in [1.807, 2.05) is 36.4 Å². The lowest BCUT2D eigenvalue weighted by atomic mass is 9.89. The number of alkyl halides is 3. The molecule has 9 heteroatoms. The van der Waals surface area contributed by atoms with Crippen LogP contribution in [-0.4, -0.2) is 28.5 Å². The monoisotopic (exact) mass is 584 g/mol. The average Bonchev–Trinajstić information content (AvgIpc) is 2.88. The number of hydrogen-bond acceptors (Lipinski definition) is 3. The zero-order chi connectivity index (χ0) is 27.4. The number of rotatable bonds is 8. The topological polar surface area (TPSA) is 79.3 Å². The van der Waals surface area contributed by atoms with Crippen molar-refractivity contribution in [1.29, 1.82) is 0 Å². The summed E-state index contributed by atoms with van der Waals surface area (Å²) in [5.74, 6) is -2.46. The number of carbonyl (C=O) groups is 2. The maximum Gasteiger partial charge on any atom is 0.416 e. The molecule has 1 atom stereocenters. The molecule has 3 aromatic carbocycles. The number of hydrogen-bond donors (Lipinski definition) is 2. The molecule has 0 aliphatic rings. The average molecular weight is 585 g/mol. The predicted molar refractivity (Wildman–Crippen MR) is 143 cm³/mol. The van der Waals surface area contributed by atoms with E-state index < -0.39 is 29.5 Å². The van der Waals surface area contributed by atoms with Gasteiger partial charge >= 0.3 is 12.1 Å². The molecule has 1 heterocycles. The van der Waals surface area contributed by atoms with Gasteiger partial charge in [-0.2, -0.15) is 13.2 Å². The third-order valence-corrected chi connectivity index (χ3v) is 6.88. The van der Waals surface area contributed by atoms with Crippen LogP contribution in [0, 0.1) is 6.92 Å². The van der Waals surface area contributed by atoms with E-state index in [9.17, 15) is 27.9 Å². The van der Waals surface area contributed by atoms with Crippen LogP contribution in [-0.2, 0) is 11.0 Å². The SMILES string of the molecule is Cc1c(-c2ccccc2)nc2ccc(Br)cc2c1C(=O)NC[C@@H](CCC(=O)O)c1ccccc1C(F)(F)F. The van der Waals surface area contributed by atoms with Gasteiger partial charge in [-0.05, 0) is 48.7 Å². The molecule has 1 aromatic heterocycles. The van der Waals surface area contributed by atoms with Crippen LogP contribution in [0.15, 0.2) is 77.3 Å². The fraction of sp³-hybridized carbons (Fsp3) is 0.207. The number of nitrogens with one attached hydrogen (secondary N) is 1. The van der Waals surface area contributed by atoms with Crippen LogP contribution in [0.2, 0.25) is 0 Å². The molecule has 0 aliphatic carbocycles. The second-order valence-corrected chi connectivity index (χ2v) is 9.83. The molecule has 38 heavy (non-hydrogen) atoms. The standard InChI is InChI=1S/C29H24BrF3N2O3/c1-17-26(22-15-20(30)12-13-24(22)35-27(17)18-7-3-2-4-8-18)28(38)34-16-19(11-14-25(36)37)21-9-5-6-10-23(21)29(31,32)33/h2-10,12-13,15,19H,11,14,16H2,1H3,(H,34,38)(H,36,37)/t19-/m1/s1. The van der Waals surface area contributed by atoms with Crippen molar-refractivity contribution < 1.29 is 27.9 Å². The Morgan fingerprint density at radius 2 is 1.71 bits per heavy atom. The van der Waals surface area contributed by atoms with Gasteiger partial charge in [0.15, 0.2) is 0 Å². The van der Waals surface area contributed by atoms with Crippen LogP contribution in [0.4, 0.5) is 13.2 Å². The fourth-order valence-electron chi connectivity index (χ4n) is 4.58. The van der Waals surface area contributed by atoms with Crippen molar-refractivity contribution in [2.45, 2.75) is 31.9 Å². The number of aliphatic carboxylic acids is 1. The van der Waals surface area contributed by atoms with E-state index in [-0.39, 0.29) is 24.9 Å². The van der Waals surface area contributed by atoms with Gasteiger partial charge in [0, 0.05) is 34.3 Å². The number of amides is 1. The summed E-state index contributed by atoms with van der Waals surface area (Å²) in [7, 11) is 0. The summed E-state index contributed by atoms with van der Waals surface area (Å²) in [6.45, 7) is 1.61. The lowest BCUT2D eigenvalue weighted by molar-refractivity contribution is -0.138. The number of carboxylic acids is 1. The maximum atomic E-state index is 13.7. The van der Waals surface area contributed by atoms with Crippen molar-refractivity contribution in [1.82, 2.24) is 10.3 Å². The van der Waals surface area contributed by atoms with Gasteiger partial charge in [-0.1, -0.05) is 64.5 Å². The molecule has 1 amide bonds. The second-order valence-electron chi connectivity index (χ2n) is 8.91. The molecule has 5 nitrogen and oxygen atoms in total. The second kappa shape index (κ2) is 11.3. The predicted octanol–water partition coefficient (Wildman–Crippen LogP) is 7.37. The van der Waals surface area contributed by atoms with Crippen molar-refractivity contribution in [3.8, 4) is 11.3 Å². The first kappa shape index (κ1) is 27.3. The van der Waals surface area contributed by atoms with Crippen LogP contribution in [0.25, 0.3) is 22.2 Å². The molecule has 4 aromatic rings. The smallest absolute Gasteiger partial charge is 0.416 e. The van der Waals surface area contributed by atoms with E-state index in [4.69, 9.17) is 4.98 Å². The Labute approximate surface area is 225 Å². The lowest BCUT2D eigenvalue weighted by Crippen LogP contribution is -2.30. The molecule has 0 unspecified atom stereocenters. The molecule has 0 bridgehead atoms. The summed E-state index contributed by atoms with van der Waals surface area (Å²) in [6.07, 6.45) is -5.02. The molecule has 0 spiro atoms. The van der Waals surface area contributed by atoms with E-state index in [1.54, 1.807) is 19.1 Å². The van der Waals surface area contributed by atoms with Gasteiger partial charge in [0.1, 0.15) is 0 Å². The van der Waals surface area contributed by atoms with Crippen LogP contribution in [0.1, 0.15) is 45.8 Å². The van der Waals surface area contributed by atoms with Crippen molar-refractivity contribution in [3.05, 3.63) is 99.5 Å². The molecule has 0 saturated carbocycles. The van der Waals surface area contributed by atoms with Gasteiger partial charge in [-0.3, -0.25) is 9.59 Å². The first-order valence-electron chi connectivity index (χ1n) is 11.9. The molecule has 2 N–H and O–H groups in total. The highest BCUT2D eigenvalue weighted by molar-refractivity contribution is 9.10. The fourth-order valence-corrected chi connectivity index (χ4v) is 4.94. The Hall–Kier alpha value is -3.72. The molecule has 196 valence electrons. The zero-order valence-corrected chi connectivity index (χ0v) is 21.9. The van der Waals surface area contributed by atoms with E-state index >= 15 is 0 Å². The number of carboxylic acid groups (broad SMARTS) is 1. The number of halogens is 4. The summed E-state index contributed by atoms with van der Waals surface area (Å²) in [6, 6.07) is 19.8. The number of carbonyl (C=O) groups excluding carboxylic acids is 1. The minimum Gasteiger partial charge on any atom is -0.481 e. The summed E-state index contributed by atoms with van der Waals surface area (Å²) in [5.41, 5.74) is 2.12. The van der Waals surface area contributed by atoms with E-state index in [2.05, 4.69) is 21.2 Å². The van der Waals surface area contributed by atoms with Gasteiger partial charge in [0.05, 0.1) is 22.3 Å². The Morgan fingerprint density at radius 1 is 1.03 bits per heavy atom. The minimum absolute atomic E-state index is 0.0504. The van der Waals surface area contributed by atoms with Crippen molar-refractivity contribution >= 4 is 38.7 Å². The Balaban J connectivity index is 1.74. The number of nitrogens with zero attached hydrogens (tertiary/aromatic N) is 1. The van der Waals surface area contributed by atoms with Gasteiger partial charge in [0.2, 0.25) is 0 Å². The summed E-state index contributed by atoms with van der Waals surface area (Å²) in [5, 5.41) is 12.6. The summed E-state index contributed by atoms with van der Waals surface area (Å²) in [4.78, 5) is 29.7. The normalized spacial score (nSPS) is 12.3. The number of pyridine rings is 1. The molecular weight excluding hydrogens is 561 g/mol. The lowest BCUT2D eigenvalue weighted by Gasteiger charge is -2.22. The highest BCUT2D eigenvalue weighted by Gasteiger charge is 2.35. The number of aromatic nitrogens is 1.